The number of hydrogen-bond donors (Lipinski definition) is 2. The number of carboxylic acids is 1. The first-order chi connectivity index (χ1) is 8.93. The summed E-state index contributed by atoms with van der Waals surface area (Å²) in [5, 5.41) is 11.7. The first kappa shape index (κ1) is 15.7. The molecule has 1 unspecified atom stereocenters. The van der Waals surface area contributed by atoms with Crippen molar-refractivity contribution in [2.75, 3.05) is 6.54 Å². The van der Waals surface area contributed by atoms with Crippen LogP contribution in [0.5, 0.6) is 0 Å². The topological polar surface area (TPSA) is 66.4 Å². The Morgan fingerprint density at radius 2 is 1.95 bits per heavy atom. The number of hydrogen-bond acceptors (Lipinski definition) is 2. The van der Waals surface area contributed by atoms with Gasteiger partial charge in [0.15, 0.2) is 0 Å². The van der Waals surface area contributed by atoms with Gasteiger partial charge in [0, 0.05) is 11.0 Å². The van der Waals surface area contributed by atoms with Gasteiger partial charge in [-0.25, -0.2) is 0 Å². The van der Waals surface area contributed by atoms with Gasteiger partial charge in [0.1, 0.15) is 5.92 Å². The zero-order valence-electron chi connectivity index (χ0n) is 11.0. The molecule has 5 heteroatoms. The van der Waals surface area contributed by atoms with Gasteiger partial charge in [-0.1, -0.05) is 48.0 Å². The molecule has 1 aromatic rings. The molecule has 0 radical (unpaired) electrons. The Morgan fingerprint density at radius 3 is 2.47 bits per heavy atom. The van der Waals surface area contributed by atoms with Crippen LogP contribution in [0.2, 0.25) is 0 Å². The molecule has 1 rings (SSSR count). The number of carboxylic acid groups (broad SMARTS) is 1. The van der Waals surface area contributed by atoms with Gasteiger partial charge >= 0.3 is 5.97 Å². The summed E-state index contributed by atoms with van der Waals surface area (Å²) in [5.41, 5.74) is 1.08. The Morgan fingerprint density at radius 1 is 1.32 bits per heavy atom. The van der Waals surface area contributed by atoms with Gasteiger partial charge in [0.2, 0.25) is 5.91 Å². The van der Waals surface area contributed by atoms with E-state index in [0.717, 1.165) is 10.0 Å². The molecule has 0 bridgehead atoms. The maximum atomic E-state index is 11.8. The van der Waals surface area contributed by atoms with Crippen LogP contribution in [0.1, 0.15) is 19.4 Å². The average molecular weight is 328 g/mol. The second-order valence-electron chi connectivity index (χ2n) is 4.69. The third kappa shape index (κ3) is 4.67. The first-order valence-electron chi connectivity index (χ1n) is 6.17. The summed E-state index contributed by atoms with van der Waals surface area (Å²) in [6, 6.07) is 7.75. The fraction of sp³-hybridized carbons (Fsp3) is 0.429. The van der Waals surface area contributed by atoms with Gasteiger partial charge < -0.3 is 10.4 Å². The fourth-order valence-electron chi connectivity index (χ4n) is 1.83. The number of amides is 1. The van der Waals surface area contributed by atoms with Crippen LogP contribution in [-0.4, -0.2) is 23.5 Å². The Bertz CT molecular complexity index is 460. The summed E-state index contributed by atoms with van der Waals surface area (Å²) in [6.45, 7) is 3.89. The Balaban J connectivity index is 2.51. The van der Waals surface area contributed by atoms with Crippen LogP contribution < -0.4 is 5.32 Å². The molecule has 19 heavy (non-hydrogen) atoms. The summed E-state index contributed by atoms with van der Waals surface area (Å²) in [7, 11) is 0. The van der Waals surface area contributed by atoms with Crippen molar-refractivity contribution < 1.29 is 14.7 Å². The summed E-state index contributed by atoms with van der Waals surface area (Å²) < 4.78 is 0.989. The zero-order valence-corrected chi connectivity index (χ0v) is 12.6. The molecule has 0 saturated heterocycles. The lowest BCUT2D eigenvalue weighted by Gasteiger charge is -2.16. The van der Waals surface area contributed by atoms with Crippen molar-refractivity contribution in [3.63, 3.8) is 0 Å². The minimum Gasteiger partial charge on any atom is -0.481 e. The van der Waals surface area contributed by atoms with E-state index in [9.17, 15) is 9.59 Å². The number of carbonyl (C=O) groups is 2. The fourth-order valence-corrected chi connectivity index (χ4v) is 2.31. The van der Waals surface area contributed by atoms with Gasteiger partial charge in [0.25, 0.3) is 0 Å². The lowest BCUT2D eigenvalue weighted by molar-refractivity contribution is -0.148. The quantitative estimate of drug-likeness (QED) is 0.789. The number of halogens is 1. The van der Waals surface area contributed by atoms with Gasteiger partial charge in [-0.3, -0.25) is 9.59 Å². The summed E-state index contributed by atoms with van der Waals surface area (Å²) in [6.07, 6.45) is 0.664. The van der Waals surface area contributed by atoms with Crippen molar-refractivity contribution in [1.29, 1.82) is 0 Å². The second kappa shape index (κ2) is 7.28. The van der Waals surface area contributed by atoms with Crippen LogP contribution in [0.25, 0.3) is 0 Å². The highest BCUT2D eigenvalue weighted by Gasteiger charge is 2.29. The normalized spacial score (nSPS) is 12.2. The molecule has 1 aromatic carbocycles. The molecule has 0 aliphatic heterocycles. The summed E-state index contributed by atoms with van der Waals surface area (Å²) >= 11 is 3.43. The van der Waals surface area contributed by atoms with Crippen molar-refractivity contribution in [2.45, 2.75) is 20.3 Å². The standard InChI is InChI=1S/C14H18BrNO3/c1-9(2)12(14(18)19)13(17)16-8-7-10-5-3-4-6-11(10)15/h3-6,9,12H,7-8H2,1-2H3,(H,16,17)(H,18,19). The predicted octanol–water partition coefficient (Wildman–Crippen LogP) is 2.46. The molecular formula is C14H18BrNO3. The highest BCUT2D eigenvalue weighted by molar-refractivity contribution is 9.10. The van der Waals surface area contributed by atoms with Gasteiger partial charge in [-0.05, 0) is 24.0 Å². The molecule has 0 spiro atoms. The van der Waals surface area contributed by atoms with Crippen LogP contribution in [0.3, 0.4) is 0 Å². The molecule has 4 nitrogen and oxygen atoms in total. The number of benzene rings is 1. The third-order valence-electron chi connectivity index (χ3n) is 2.87. The minimum absolute atomic E-state index is 0.221. The zero-order chi connectivity index (χ0) is 14.4. The average Bonchev–Trinajstić information content (AvgIpc) is 2.30. The lowest BCUT2D eigenvalue weighted by Crippen LogP contribution is -2.39. The maximum Gasteiger partial charge on any atom is 0.316 e. The largest absolute Gasteiger partial charge is 0.481 e. The van der Waals surface area contributed by atoms with Crippen LogP contribution >= 0.6 is 15.9 Å². The molecule has 0 saturated carbocycles. The number of carbonyl (C=O) groups excluding carboxylic acids is 1. The highest BCUT2D eigenvalue weighted by atomic mass is 79.9. The number of aliphatic carboxylic acids is 1. The van der Waals surface area contributed by atoms with Crippen molar-refractivity contribution in [3.8, 4) is 0 Å². The van der Waals surface area contributed by atoms with Crippen LogP contribution in [0.4, 0.5) is 0 Å². The van der Waals surface area contributed by atoms with E-state index in [1.807, 2.05) is 24.3 Å². The van der Waals surface area contributed by atoms with E-state index < -0.39 is 17.8 Å². The molecule has 0 aliphatic rings. The molecule has 0 fully saturated rings. The predicted molar refractivity (Wildman–Crippen MR) is 76.8 cm³/mol. The minimum atomic E-state index is -1.08. The highest BCUT2D eigenvalue weighted by Crippen LogP contribution is 2.16. The van der Waals surface area contributed by atoms with Crippen molar-refractivity contribution in [1.82, 2.24) is 5.32 Å². The first-order valence-corrected chi connectivity index (χ1v) is 6.96. The maximum absolute atomic E-state index is 11.8. The Labute approximate surface area is 121 Å². The van der Waals surface area contributed by atoms with Gasteiger partial charge in [0.05, 0.1) is 0 Å². The van der Waals surface area contributed by atoms with E-state index in [1.165, 1.54) is 0 Å². The molecule has 104 valence electrons. The van der Waals surface area contributed by atoms with Gasteiger partial charge in [-0.2, -0.15) is 0 Å². The smallest absolute Gasteiger partial charge is 0.316 e. The Hall–Kier alpha value is -1.36. The van der Waals surface area contributed by atoms with E-state index in [-0.39, 0.29) is 5.92 Å². The number of rotatable bonds is 6. The molecular weight excluding hydrogens is 310 g/mol. The third-order valence-corrected chi connectivity index (χ3v) is 3.64. The van der Waals surface area contributed by atoms with E-state index >= 15 is 0 Å². The molecule has 0 aromatic heterocycles. The van der Waals surface area contributed by atoms with E-state index in [1.54, 1.807) is 13.8 Å². The van der Waals surface area contributed by atoms with Crippen molar-refractivity contribution >= 4 is 27.8 Å². The summed E-state index contributed by atoms with van der Waals surface area (Å²) in [4.78, 5) is 22.8. The van der Waals surface area contributed by atoms with E-state index in [2.05, 4.69) is 21.2 Å². The molecule has 0 heterocycles. The van der Waals surface area contributed by atoms with Crippen LogP contribution in [0, 0.1) is 11.8 Å². The number of nitrogens with one attached hydrogen (secondary N) is 1. The summed E-state index contributed by atoms with van der Waals surface area (Å²) in [5.74, 6) is -2.71. The lowest BCUT2D eigenvalue weighted by atomic mass is 9.95. The Kier molecular flexibility index (Phi) is 6.02. The second-order valence-corrected chi connectivity index (χ2v) is 5.55. The SMILES string of the molecule is CC(C)C(C(=O)O)C(=O)NCCc1ccccc1Br. The van der Waals surface area contributed by atoms with Crippen LogP contribution in [0.15, 0.2) is 28.7 Å². The van der Waals surface area contributed by atoms with E-state index in [4.69, 9.17) is 5.11 Å². The molecule has 0 aliphatic carbocycles. The van der Waals surface area contributed by atoms with E-state index in [0.29, 0.717) is 13.0 Å². The molecule has 1 atom stereocenters. The molecule has 2 N–H and O–H groups in total. The molecule has 1 amide bonds. The van der Waals surface area contributed by atoms with Crippen LogP contribution in [-0.2, 0) is 16.0 Å². The van der Waals surface area contributed by atoms with Gasteiger partial charge in [-0.15, -0.1) is 0 Å². The van der Waals surface area contributed by atoms with Crippen molar-refractivity contribution in [2.24, 2.45) is 11.8 Å². The monoisotopic (exact) mass is 327 g/mol. The van der Waals surface area contributed by atoms with Crippen molar-refractivity contribution in [3.05, 3.63) is 34.3 Å².